The van der Waals surface area contributed by atoms with E-state index < -0.39 is 0 Å². The van der Waals surface area contributed by atoms with Gasteiger partial charge in [-0.3, -0.25) is 4.79 Å². The summed E-state index contributed by atoms with van der Waals surface area (Å²) < 4.78 is 15.8. The van der Waals surface area contributed by atoms with Crippen LogP contribution in [0.2, 0.25) is 5.02 Å². The third kappa shape index (κ3) is 4.31. The fourth-order valence-electron chi connectivity index (χ4n) is 2.60. The van der Waals surface area contributed by atoms with Crippen LogP contribution in [0.3, 0.4) is 0 Å². The summed E-state index contributed by atoms with van der Waals surface area (Å²) in [6.45, 7) is 2.16. The summed E-state index contributed by atoms with van der Waals surface area (Å²) in [5, 5.41) is 10.7. The number of nitrogens with one attached hydrogen (secondary N) is 2. The van der Waals surface area contributed by atoms with E-state index in [-0.39, 0.29) is 11.9 Å². The van der Waals surface area contributed by atoms with Crippen LogP contribution in [0.4, 0.5) is 5.82 Å². The lowest BCUT2D eigenvalue weighted by atomic mass is 10.1. The summed E-state index contributed by atoms with van der Waals surface area (Å²) in [6.07, 6.45) is 0.791. The van der Waals surface area contributed by atoms with E-state index in [0.717, 1.165) is 12.0 Å². The van der Waals surface area contributed by atoms with Gasteiger partial charge in [0.1, 0.15) is 5.56 Å². The molecule has 2 N–H and O–H groups in total. The molecular formula is C17H20ClN3O4. The van der Waals surface area contributed by atoms with Crippen molar-refractivity contribution in [3.05, 3.63) is 34.9 Å². The fraction of sp³-hybridized carbons (Fsp3) is 0.412. The van der Waals surface area contributed by atoms with Gasteiger partial charge in [0.05, 0.1) is 19.3 Å². The number of carbonyl (C=O) groups is 1. The minimum absolute atomic E-state index is 0.00714. The summed E-state index contributed by atoms with van der Waals surface area (Å²) in [5.41, 5.74) is 1.09. The third-order valence-corrected chi connectivity index (χ3v) is 4.14. The van der Waals surface area contributed by atoms with E-state index in [9.17, 15) is 4.79 Å². The number of carbonyl (C=O) groups excluding carboxylic acids is 1. The number of hydrogen-bond donors (Lipinski definition) is 2. The van der Waals surface area contributed by atoms with E-state index in [1.165, 1.54) is 0 Å². The van der Waals surface area contributed by atoms with Crippen molar-refractivity contribution in [1.82, 2.24) is 10.5 Å². The molecule has 1 unspecified atom stereocenters. The van der Waals surface area contributed by atoms with Crippen LogP contribution in [-0.4, -0.2) is 50.6 Å². The molecule has 134 valence electrons. The third-order valence-electron chi connectivity index (χ3n) is 3.89. The average Bonchev–Trinajstić information content (AvgIpc) is 3.25. The molecule has 0 bridgehead atoms. The van der Waals surface area contributed by atoms with Crippen molar-refractivity contribution in [2.45, 2.75) is 12.5 Å². The second-order valence-electron chi connectivity index (χ2n) is 5.70. The molecule has 0 spiro atoms. The maximum Gasteiger partial charge on any atom is 0.259 e. The molecule has 0 radical (unpaired) electrons. The van der Waals surface area contributed by atoms with Gasteiger partial charge in [-0.2, -0.15) is 0 Å². The van der Waals surface area contributed by atoms with Gasteiger partial charge < -0.3 is 24.6 Å². The zero-order valence-electron chi connectivity index (χ0n) is 13.9. The molecule has 8 heteroatoms. The highest BCUT2D eigenvalue weighted by Crippen LogP contribution is 2.30. The number of hydrogen-bond acceptors (Lipinski definition) is 6. The maximum absolute atomic E-state index is 12.8. The number of benzene rings is 1. The van der Waals surface area contributed by atoms with Gasteiger partial charge in [0.25, 0.3) is 5.91 Å². The molecule has 1 aromatic heterocycles. The quantitative estimate of drug-likeness (QED) is 0.733. The highest BCUT2D eigenvalue weighted by Gasteiger charge is 2.27. The zero-order valence-corrected chi connectivity index (χ0v) is 14.6. The Bertz CT molecular complexity index is 711. The average molecular weight is 366 g/mol. The first-order valence-electron chi connectivity index (χ1n) is 8.06. The van der Waals surface area contributed by atoms with Crippen LogP contribution in [0, 0.1) is 0 Å². The molecule has 25 heavy (non-hydrogen) atoms. The number of amides is 1. The number of methoxy groups -OCH3 is 1. The minimum atomic E-state index is -0.249. The van der Waals surface area contributed by atoms with Crippen molar-refractivity contribution in [2.75, 3.05) is 38.8 Å². The topological polar surface area (TPSA) is 85.6 Å². The molecule has 1 atom stereocenters. The summed E-state index contributed by atoms with van der Waals surface area (Å²) in [5.74, 6) is 0.535. The molecule has 7 nitrogen and oxygen atoms in total. The minimum Gasteiger partial charge on any atom is -0.383 e. The van der Waals surface area contributed by atoms with Crippen LogP contribution in [0.1, 0.15) is 16.8 Å². The second-order valence-corrected chi connectivity index (χ2v) is 6.13. The molecule has 1 fully saturated rings. The van der Waals surface area contributed by atoms with Crippen LogP contribution in [0.25, 0.3) is 11.3 Å². The fourth-order valence-corrected chi connectivity index (χ4v) is 2.72. The Hall–Kier alpha value is -2.09. The zero-order chi connectivity index (χ0) is 17.6. The molecule has 2 aromatic rings. The molecule has 0 aliphatic carbocycles. The Labute approximate surface area is 150 Å². The van der Waals surface area contributed by atoms with E-state index in [0.29, 0.717) is 48.5 Å². The van der Waals surface area contributed by atoms with Gasteiger partial charge in [0, 0.05) is 30.8 Å². The first-order chi connectivity index (χ1) is 12.2. The van der Waals surface area contributed by atoms with Gasteiger partial charge in [0.2, 0.25) is 0 Å². The van der Waals surface area contributed by atoms with Gasteiger partial charge in [0.15, 0.2) is 11.6 Å². The number of nitrogens with zero attached hydrogens (tertiary/aromatic N) is 1. The predicted octanol–water partition coefficient (Wildman–Crippen LogP) is 2.57. The Kier molecular flexibility index (Phi) is 5.91. The van der Waals surface area contributed by atoms with Crippen LogP contribution >= 0.6 is 11.6 Å². The van der Waals surface area contributed by atoms with Crippen molar-refractivity contribution in [3.63, 3.8) is 0 Å². The molecule has 1 aliphatic heterocycles. The largest absolute Gasteiger partial charge is 0.383 e. The summed E-state index contributed by atoms with van der Waals surface area (Å²) in [4.78, 5) is 12.8. The summed E-state index contributed by atoms with van der Waals surface area (Å²) >= 11 is 5.94. The standard InChI is InChI=1S/C17H20ClN3O4/c1-23-9-7-19-16-14(17(22)20-13-6-8-24-10-13)15(25-21-16)11-2-4-12(18)5-3-11/h2-5,13H,6-10H2,1H3,(H,19,21)(H,20,22). The van der Waals surface area contributed by atoms with E-state index >= 15 is 0 Å². The first kappa shape index (κ1) is 17.7. The first-order valence-corrected chi connectivity index (χ1v) is 8.44. The molecule has 1 aliphatic rings. The van der Waals surface area contributed by atoms with Crippen LogP contribution in [0.5, 0.6) is 0 Å². The van der Waals surface area contributed by atoms with Crippen LogP contribution in [-0.2, 0) is 9.47 Å². The van der Waals surface area contributed by atoms with Crippen molar-refractivity contribution >= 4 is 23.3 Å². The Balaban J connectivity index is 1.88. The summed E-state index contributed by atoms with van der Waals surface area (Å²) in [7, 11) is 1.61. The van der Waals surface area contributed by atoms with Gasteiger partial charge in [-0.1, -0.05) is 16.8 Å². The predicted molar refractivity (Wildman–Crippen MR) is 94.0 cm³/mol. The Morgan fingerprint density at radius 3 is 2.88 bits per heavy atom. The van der Waals surface area contributed by atoms with Gasteiger partial charge >= 0.3 is 0 Å². The lowest BCUT2D eigenvalue weighted by Crippen LogP contribution is -2.35. The van der Waals surface area contributed by atoms with Crippen molar-refractivity contribution in [2.24, 2.45) is 0 Å². The lowest BCUT2D eigenvalue weighted by molar-refractivity contribution is 0.0931. The molecule has 1 amide bonds. The molecule has 1 saturated heterocycles. The molecular weight excluding hydrogens is 346 g/mol. The number of halogens is 1. The van der Waals surface area contributed by atoms with E-state index in [2.05, 4.69) is 15.8 Å². The van der Waals surface area contributed by atoms with Gasteiger partial charge in [-0.25, -0.2) is 0 Å². The lowest BCUT2D eigenvalue weighted by Gasteiger charge is -2.11. The number of aromatic nitrogens is 1. The van der Waals surface area contributed by atoms with Gasteiger partial charge in [-0.15, -0.1) is 0 Å². The monoisotopic (exact) mass is 365 g/mol. The highest BCUT2D eigenvalue weighted by atomic mass is 35.5. The van der Waals surface area contributed by atoms with Crippen molar-refractivity contribution in [3.8, 4) is 11.3 Å². The highest BCUT2D eigenvalue weighted by molar-refractivity contribution is 6.30. The van der Waals surface area contributed by atoms with E-state index in [1.54, 1.807) is 31.4 Å². The molecule has 2 heterocycles. The normalized spacial score (nSPS) is 16.8. The van der Waals surface area contributed by atoms with E-state index in [4.69, 9.17) is 25.6 Å². The van der Waals surface area contributed by atoms with Crippen LogP contribution in [0.15, 0.2) is 28.8 Å². The number of anilines is 1. The van der Waals surface area contributed by atoms with Crippen molar-refractivity contribution in [1.29, 1.82) is 0 Å². The summed E-state index contributed by atoms with van der Waals surface area (Å²) in [6, 6.07) is 7.05. The molecule has 0 saturated carbocycles. The van der Waals surface area contributed by atoms with E-state index in [1.807, 2.05) is 0 Å². The number of ether oxygens (including phenoxy) is 2. The Morgan fingerprint density at radius 1 is 1.40 bits per heavy atom. The molecule has 1 aromatic carbocycles. The van der Waals surface area contributed by atoms with Crippen molar-refractivity contribution < 1.29 is 18.8 Å². The Morgan fingerprint density at radius 2 is 2.20 bits per heavy atom. The second kappa shape index (κ2) is 8.33. The van der Waals surface area contributed by atoms with Crippen LogP contribution < -0.4 is 10.6 Å². The number of rotatable bonds is 7. The van der Waals surface area contributed by atoms with Gasteiger partial charge in [-0.05, 0) is 30.7 Å². The maximum atomic E-state index is 12.8. The smallest absolute Gasteiger partial charge is 0.259 e. The SMILES string of the molecule is COCCNc1noc(-c2ccc(Cl)cc2)c1C(=O)NC1CCOC1. The molecule has 3 rings (SSSR count).